The summed E-state index contributed by atoms with van der Waals surface area (Å²) in [7, 11) is -2.31. The van der Waals surface area contributed by atoms with Crippen LogP contribution in [0.25, 0.3) is 0 Å². The van der Waals surface area contributed by atoms with Gasteiger partial charge in [0.2, 0.25) is 15.9 Å². The molecule has 0 aliphatic carbocycles. The highest BCUT2D eigenvalue weighted by molar-refractivity contribution is 7.89. The van der Waals surface area contributed by atoms with Crippen molar-refractivity contribution in [2.75, 3.05) is 13.6 Å². The molecule has 0 aromatic heterocycles. The predicted octanol–water partition coefficient (Wildman–Crippen LogP) is -1.19. The molecule has 0 spiro atoms. The second-order valence-corrected chi connectivity index (χ2v) is 5.16. The van der Waals surface area contributed by atoms with Crippen molar-refractivity contribution >= 4 is 21.8 Å². The Morgan fingerprint density at radius 1 is 1.22 bits per heavy atom. The van der Waals surface area contributed by atoms with Gasteiger partial charge in [0.25, 0.3) is 5.91 Å². The third kappa shape index (κ3) is 3.54. The van der Waals surface area contributed by atoms with Gasteiger partial charge in [0.1, 0.15) is 0 Å². The molecule has 1 aromatic rings. The molecule has 0 atom stereocenters. The quantitative estimate of drug-likeness (QED) is 0.624. The van der Waals surface area contributed by atoms with E-state index in [1.807, 2.05) is 4.72 Å². The van der Waals surface area contributed by atoms with Crippen LogP contribution < -0.4 is 15.8 Å². The van der Waals surface area contributed by atoms with Crippen LogP contribution in [0.15, 0.2) is 29.2 Å². The normalized spacial score (nSPS) is 10.9. The Morgan fingerprint density at radius 3 is 2.22 bits per heavy atom. The van der Waals surface area contributed by atoms with Crippen molar-refractivity contribution in [3.63, 3.8) is 0 Å². The fourth-order valence-electron chi connectivity index (χ4n) is 1.18. The third-order valence-electron chi connectivity index (χ3n) is 2.09. The summed E-state index contributed by atoms with van der Waals surface area (Å²) >= 11 is 0. The van der Waals surface area contributed by atoms with Crippen LogP contribution in [-0.2, 0) is 14.8 Å². The number of carbonyl (C=O) groups excluding carboxylic acids is 2. The predicted molar refractivity (Wildman–Crippen MR) is 64.2 cm³/mol. The molecule has 2 amide bonds. The lowest BCUT2D eigenvalue weighted by molar-refractivity contribution is -0.116. The second kappa shape index (κ2) is 5.61. The number of nitrogens with one attached hydrogen (secondary N) is 2. The van der Waals surface area contributed by atoms with Crippen molar-refractivity contribution in [1.82, 2.24) is 10.0 Å². The number of sulfonamides is 1. The lowest BCUT2D eigenvalue weighted by Crippen LogP contribution is -2.33. The Hall–Kier alpha value is -1.93. The highest BCUT2D eigenvalue weighted by Crippen LogP contribution is 2.10. The Balaban J connectivity index is 2.91. The van der Waals surface area contributed by atoms with E-state index in [2.05, 4.69) is 5.32 Å². The molecule has 0 fully saturated rings. The maximum Gasteiger partial charge on any atom is 0.251 e. The minimum atomic E-state index is -3.79. The summed E-state index contributed by atoms with van der Waals surface area (Å²) in [4.78, 5) is 21.7. The van der Waals surface area contributed by atoms with Gasteiger partial charge >= 0.3 is 0 Å². The summed E-state index contributed by atoms with van der Waals surface area (Å²) in [5.74, 6) is -1.09. The van der Waals surface area contributed by atoms with Crippen molar-refractivity contribution in [2.24, 2.45) is 5.73 Å². The first-order valence-electron chi connectivity index (χ1n) is 4.97. The van der Waals surface area contributed by atoms with Crippen LogP contribution in [0.1, 0.15) is 10.4 Å². The number of nitrogens with two attached hydrogens (primary N) is 1. The van der Waals surface area contributed by atoms with Gasteiger partial charge < -0.3 is 11.1 Å². The van der Waals surface area contributed by atoms with Crippen molar-refractivity contribution in [1.29, 1.82) is 0 Å². The van der Waals surface area contributed by atoms with E-state index < -0.39 is 22.5 Å². The molecule has 0 saturated carbocycles. The zero-order valence-corrected chi connectivity index (χ0v) is 10.5. The van der Waals surface area contributed by atoms with Crippen molar-refractivity contribution in [2.45, 2.75) is 4.90 Å². The van der Waals surface area contributed by atoms with E-state index in [0.29, 0.717) is 5.56 Å². The maximum absolute atomic E-state index is 11.7. The molecule has 0 aliphatic heterocycles. The molecule has 18 heavy (non-hydrogen) atoms. The van der Waals surface area contributed by atoms with E-state index in [0.717, 1.165) is 0 Å². The van der Waals surface area contributed by atoms with Crippen molar-refractivity contribution < 1.29 is 18.0 Å². The summed E-state index contributed by atoms with van der Waals surface area (Å²) in [6.07, 6.45) is 0. The van der Waals surface area contributed by atoms with Crippen LogP contribution >= 0.6 is 0 Å². The van der Waals surface area contributed by atoms with Gasteiger partial charge in [-0.05, 0) is 24.3 Å². The van der Waals surface area contributed by atoms with E-state index in [-0.39, 0.29) is 10.8 Å². The Kier molecular flexibility index (Phi) is 4.40. The smallest absolute Gasteiger partial charge is 0.251 e. The lowest BCUT2D eigenvalue weighted by atomic mass is 10.2. The average molecular weight is 271 g/mol. The molecule has 0 saturated heterocycles. The largest absolute Gasteiger partial charge is 0.369 e. The van der Waals surface area contributed by atoms with E-state index >= 15 is 0 Å². The van der Waals surface area contributed by atoms with Gasteiger partial charge in [-0.1, -0.05) is 0 Å². The maximum atomic E-state index is 11.7. The zero-order valence-electron chi connectivity index (χ0n) is 9.64. The first kappa shape index (κ1) is 14.1. The van der Waals surface area contributed by atoms with E-state index in [4.69, 9.17) is 5.73 Å². The monoisotopic (exact) mass is 271 g/mol. The lowest BCUT2D eigenvalue weighted by Gasteiger charge is -2.05. The number of carbonyl (C=O) groups is 2. The summed E-state index contributed by atoms with van der Waals surface area (Å²) in [5.41, 5.74) is 5.18. The molecule has 0 unspecified atom stereocenters. The number of benzene rings is 1. The zero-order chi connectivity index (χ0) is 13.8. The number of hydrogen-bond donors (Lipinski definition) is 3. The molecular weight excluding hydrogens is 258 g/mol. The first-order chi connectivity index (χ1) is 8.36. The summed E-state index contributed by atoms with van der Waals surface area (Å²) in [5, 5.41) is 2.41. The molecule has 7 nitrogen and oxygen atoms in total. The van der Waals surface area contributed by atoms with E-state index in [9.17, 15) is 18.0 Å². The summed E-state index contributed by atoms with van der Waals surface area (Å²) < 4.78 is 25.4. The van der Waals surface area contributed by atoms with Crippen LogP contribution in [-0.4, -0.2) is 33.8 Å². The Bertz CT molecular complexity index is 551. The fraction of sp³-hybridized carbons (Fsp3) is 0.200. The van der Waals surface area contributed by atoms with Crippen LogP contribution in [0.4, 0.5) is 0 Å². The molecule has 0 bridgehead atoms. The minimum absolute atomic E-state index is 0.0450. The second-order valence-electron chi connectivity index (χ2n) is 3.39. The molecule has 4 N–H and O–H groups in total. The van der Waals surface area contributed by atoms with Crippen LogP contribution in [0, 0.1) is 0 Å². The summed E-state index contributed by atoms with van der Waals surface area (Å²) in [6, 6.07) is 5.29. The van der Waals surface area contributed by atoms with Crippen molar-refractivity contribution in [3.05, 3.63) is 29.8 Å². The molecular formula is C10H13N3O4S. The van der Waals surface area contributed by atoms with Gasteiger partial charge in [-0.15, -0.1) is 0 Å². The molecule has 8 heteroatoms. The molecule has 1 aromatic carbocycles. The van der Waals surface area contributed by atoms with E-state index in [1.54, 1.807) is 0 Å². The summed E-state index contributed by atoms with van der Waals surface area (Å²) in [6.45, 7) is -0.473. The van der Waals surface area contributed by atoms with Crippen LogP contribution in [0.5, 0.6) is 0 Å². The van der Waals surface area contributed by atoms with Gasteiger partial charge in [0.15, 0.2) is 0 Å². The molecule has 0 heterocycles. The van der Waals surface area contributed by atoms with Crippen LogP contribution in [0.2, 0.25) is 0 Å². The molecule has 1 rings (SSSR count). The average Bonchev–Trinajstić information content (AvgIpc) is 2.36. The molecule has 0 radical (unpaired) electrons. The third-order valence-corrected chi connectivity index (χ3v) is 3.51. The highest BCUT2D eigenvalue weighted by Gasteiger charge is 2.15. The standard InChI is InChI=1S/C10H13N3O4S/c1-12-10(15)7-2-4-8(5-3-7)18(16,17)13-6-9(11)14/h2-5,13H,6H2,1H3,(H2,11,14)(H,12,15). The van der Waals surface area contributed by atoms with Gasteiger partial charge in [0, 0.05) is 12.6 Å². The van der Waals surface area contributed by atoms with Crippen molar-refractivity contribution in [3.8, 4) is 0 Å². The van der Waals surface area contributed by atoms with Gasteiger partial charge in [-0.3, -0.25) is 9.59 Å². The van der Waals surface area contributed by atoms with Crippen LogP contribution in [0.3, 0.4) is 0 Å². The Labute approximate surface area is 104 Å². The highest BCUT2D eigenvalue weighted by atomic mass is 32.2. The SMILES string of the molecule is CNC(=O)c1ccc(S(=O)(=O)NCC(N)=O)cc1. The minimum Gasteiger partial charge on any atom is -0.369 e. The topological polar surface area (TPSA) is 118 Å². The number of primary amides is 1. The first-order valence-corrected chi connectivity index (χ1v) is 6.45. The van der Waals surface area contributed by atoms with Gasteiger partial charge in [0.05, 0.1) is 11.4 Å². The Morgan fingerprint density at radius 2 is 1.78 bits per heavy atom. The molecule has 98 valence electrons. The van der Waals surface area contributed by atoms with E-state index in [1.165, 1.54) is 31.3 Å². The number of hydrogen-bond acceptors (Lipinski definition) is 4. The number of rotatable bonds is 5. The fourth-order valence-corrected chi connectivity index (χ4v) is 2.17. The van der Waals surface area contributed by atoms with Gasteiger partial charge in [-0.2, -0.15) is 0 Å². The number of amides is 2. The molecule has 0 aliphatic rings. The van der Waals surface area contributed by atoms with Gasteiger partial charge in [-0.25, -0.2) is 13.1 Å².